The number of benzene rings is 1. The molecule has 1 aromatic carbocycles. The van der Waals surface area contributed by atoms with Crippen molar-refractivity contribution >= 4 is 22.5 Å². The molecule has 3 nitrogen and oxygen atoms in total. The third-order valence-corrected chi connectivity index (χ3v) is 3.30. The Bertz CT molecular complexity index is 527. The van der Waals surface area contributed by atoms with Gasteiger partial charge in [0, 0.05) is 31.8 Å². The predicted octanol–water partition coefficient (Wildman–Crippen LogP) is 2.92. The quantitative estimate of drug-likeness (QED) is 0.760. The summed E-state index contributed by atoms with van der Waals surface area (Å²) in [5.41, 5.74) is 2.31. The Hall–Kier alpha value is -1.16. The molecule has 0 bridgehead atoms. The number of rotatable bonds is 6. The van der Waals surface area contributed by atoms with Gasteiger partial charge in [-0.1, -0.05) is 18.2 Å². The Morgan fingerprint density at radius 1 is 1.32 bits per heavy atom. The summed E-state index contributed by atoms with van der Waals surface area (Å²) in [5.74, 6) is 0. The molecule has 0 amide bonds. The van der Waals surface area contributed by atoms with Gasteiger partial charge in [-0.05, 0) is 24.7 Å². The molecule has 0 aliphatic carbocycles. The molecule has 4 heteroatoms. The maximum absolute atomic E-state index is 6.18. The number of halogens is 1. The van der Waals surface area contributed by atoms with Gasteiger partial charge in [0.1, 0.15) is 0 Å². The monoisotopic (exact) mass is 278 g/mol. The molecule has 0 aliphatic heterocycles. The summed E-state index contributed by atoms with van der Waals surface area (Å²) in [5, 5.41) is 1.22. The Kier molecular flexibility index (Phi) is 5.14. The fraction of sp³-hybridized carbons (Fsp3) is 0.400. The number of methoxy groups -OCH3 is 1. The van der Waals surface area contributed by atoms with Gasteiger partial charge in [-0.2, -0.15) is 0 Å². The molecule has 102 valence electrons. The molecule has 1 heterocycles. The molecule has 2 aromatic rings. The molecular formula is C15H19ClN2O. The largest absolute Gasteiger partial charge is 0.383 e. The van der Waals surface area contributed by atoms with Crippen LogP contribution < -0.4 is 0 Å². The predicted molar refractivity (Wildman–Crippen MR) is 79.6 cm³/mol. The van der Waals surface area contributed by atoms with Gasteiger partial charge in [-0.15, -0.1) is 11.6 Å². The summed E-state index contributed by atoms with van der Waals surface area (Å²) in [4.78, 5) is 6.58. The Morgan fingerprint density at radius 2 is 2.11 bits per heavy atom. The summed E-state index contributed by atoms with van der Waals surface area (Å²) in [6.45, 7) is 2.23. The average Bonchev–Trinajstić information content (AvgIpc) is 2.39. The standard InChI is InChI=1S/C15H19ClN2O/c1-18(10-13(16)11-19-2)9-12-7-8-17-15-6-4-3-5-14(12)15/h3-8,13H,9-11H2,1-2H3. The number of ether oxygens (including phenoxy) is 1. The molecule has 0 spiro atoms. The average molecular weight is 279 g/mol. The number of nitrogens with zero attached hydrogens (tertiary/aromatic N) is 2. The smallest absolute Gasteiger partial charge is 0.0705 e. The van der Waals surface area contributed by atoms with E-state index in [4.69, 9.17) is 16.3 Å². The van der Waals surface area contributed by atoms with Gasteiger partial charge in [0.15, 0.2) is 0 Å². The number of aromatic nitrogens is 1. The fourth-order valence-electron chi connectivity index (χ4n) is 2.22. The van der Waals surface area contributed by atoms with Crippen LogP contribution in [-0.4, -0.2) is 42.6 Å². The van der Waals surface area contributed by atoms with Crippen molar-refractivity contribution in [3.05, 3.63) is 42.1 Å². The molecule has 19 heavy (non-hydrogen) atoms. The van der Waals surface area contributed by atoms with Crippen molar-refractivity contribution in [2.45, 2.75) is 11.9 Å². The van der Waals surface area contributed by atoms with Crippen LogP contribution in [0.1, 0.15) is 5.56 Å². The zero-order chi connectivity index (χ0) is 13.7. The lowest BCUT2D eigenvalue weighted by Gasteiger charge is -2.20. The summed E-state index contributed by atoms with van der Waals surface area (Å²) >= 11 is 6.18. The third kappa shape index (κ3) is 3.90. The van der Waals surface area contributed by atoms with Gasteiger partial charge < -0.3 is 9.64 Å². The second-order valence-electron chi connectivity index (χ2n) is 4.74. The lowest BCUT2D eigenvalue weighted by Crippen LogP contribution is -2.28. The van der Waals surface area contributed by atoms with E-state index >= 15 is 0 Å². The fourth-order valence-corrected chi connectivity index (χ4v) is 2.58. The van der Waals surface area contributed by atoms with Crippen LogP contribution >= 0.6 is 11.6 Å². The highest BCUT2D eigenvalue weighted by Gasteiger charge is 2.10. The first kappa shape index (κ1) is 14.3. The first-order valence-electron chi connectivity index (χ1n) is 6.35. The SMILES string of the molecule is COCC(Cl)CN(C)Cc1ccnc2ccccc12. The van der Waals surface area contributed by atoms with Crippen LogP contribution in [0.5, 0.6) is 0 Å². The van der Waals surface area contributed by atoms with E-state index in [1.165, 1.54) is 10.9 Å². The van der Waals surface area contributed by atoms with Crippen LogP contribution in [0.3, 0.4) is 0 Å². The zero-order valence-corrected chi connectivity index (χ0v) is 12.1. The van der Waals surface area contributed by atoms with E-state index < -0.39 is 0 Å². The topological polar surface area (TPSA) is 25.4 Å². The van der Waals surface area contributed by atoms with Crippen LogP contribution in [0.15, 0.2) is 36.5 Å². The van der Waals surface area contributed by atoms with Gasteiger partial charge in [-0.3, -0.25) is 4.98 Å². The van der Waals surface area contributed by atoms with Crippen molar-refractivity contribution < 1.29 is 4.74 Å². The normalized spacial score (nSPS) is 13.1. The van der Waals surface area contributed by atoms with E-state index in [0.717, 1.165) is 18.6 Å². The van der Waals surface area contributed by atoms with Crippen molar-refractivity contribution in [2.75, 3.05) is 27.3 Å². The second-order valence-corrected chi connectivity index (χ2v) is 5.35. The molecule has 0 radical (unpaired) electrons. The van der Waals surface area contributed by atoms with Crippen molar-refractivity contribution in [2.24, 2.45) is 0 Å². The van der Waals surface area contributed by atoms with Gasteiger partial charge in [0.05, 0.1) is 17.5 Å². The van der Waals surface area contributed by atoms with Crippen LogP contribution in [0.4, 0.5) is 0 Å². The summed E-state index contributed by atoms with van der Waals surface area (Å²) in [6.07, 6.45) is 1.86. The minimum Gasteiger partial charge on any atom is -0.383 e. The second kappa shape index (κ2) is 6.85. The molecule has 0 saturated heterocycles. The minimum absolute atomic E-state index is 0.0168. The number of para-hydroxylation sites is 1. The number of pyridine rings is 1. The number of hydrogen-bond acceptors (Lipinski definition) is 3. The van der Waals surface area contributed by atoms with Gasteiger partial charge in [0.25, 0.3) is 0 Å². The van der Waals surface area contributed by atoms with Crippen molar-refractivity contribution in [1.29, 1.82) is 0 Å². The number of alkyl halides is 1. The molecule has 0 saturated carbocycles. The lowest BCUT2D eigenvalue weighted by atomic mass is 10.1. The van der Waals surface area contributed by atoms with Crippen LogP contribution in [0, 0.1) is 0 Å². The number of hydrogen-bond donors (Lipinski definition) is 0. The van der Waals surface area contributed by atoms with Gasteiger partial charge >= 0.3 is 0 Å². The van der Waals surface area contributed by atoms with E-state index in [1.807, 2.05) is 24.4 Å². The lowest BCUT2D eigenvalue weighted by molar-refractivity contribution is 0.181. The van der Waals surface area contributed by atoms with Crippen molar-refractivity contribution in [1.82, 2.24) is 9.88 Å². The van der Waals surface area contributed by atoms with Crippen LogP contribution in [-0.2, 0) is 11.3 Å². The Balaban J connectivity index is 2.08. The van der Waals surface area contributed by atoms with Gasteiger partial charge in [-0.25, -0.2) is 0 Å². The molecule has 0 N–H and O–H groups in total. The summed E-state index contributed by atoms with van der Waals surface area (Å²) in [7, 11) is 3.74. The number of fused-ring (bicyclic) bond motifs is 1. The molecule has 2 rings (SSSR count). The first-order chi connectivity index (χ1) is 9.20. The first-order valence-corrected chi connectivity index (χ1v) is 6.78. The van der Waals surface area contributed by atoms with Crippen molar-refractivity contribution in [3.8, 4) is 0 Å². The molecule has 0 fully saturated rings. The maximum atomic E-state index is 6.18. The molecule has 0 aliphatic rings. The molecular weight excluding hydrogens is 260 g/mol. The van der Waals surface area contributed by atoms with Gasteiger partial charge in [0.2, 0.25) is 0 Å². The Morgan fingerprint density at radius 3 is 2.89 bits per heavy atom. The van der Waals surface area contributed by atoms with E-state index in [1.54, 1.807) is 7.11 Å². The zero-order valence-electron chi connectivity index (χ0n) is 11.3. The Labute approximate surface area is 119 Å². The van der Waals surface area contributed by atoms with E-state index in [0.29, 0.717) is 6.61 Å². The molecule has 1 atom stereocenters. The highest BCUT2D eigenvalue weighted by molar-refractivity contribution is 6.20. The van der Waals surface area contributed by atoms with Crippen LogP contribution in [0.2, 0.25) is 0 Å². The third-order valence-electron chi connectivity index (χ3n) is 3.04. The highest BCUT2D eigenvalue weighted by Crippen LogP contribution is 2.17. The molecule has 1 unspecified atom stereocenters. The summed E-state index contributed by atoms with van der Waals surface area (Å²) in [6, 6.07) is 10.3. The molecule has 1 aromatic heterocycles. The van der Waals surface area contributed by atoms with Crippen molar-refractivity contribution in [3.63, 3.8) is 0 Å². The highest BCUT2D eigenvalue weighted by atomic mass is 35.5. The van der Waals surface area contributed by atoms with Crippen LogP contribution in [0.25, 0.3) is 10.9 Å². The van der Waals surface area contributed by atoms with E-state index in [-0.39, 0.29) is 5.38 Å². The minimum atomic E-state index is 0.0168. The van der Waals surface area contributed by atoms with E-state index in [2.05, 4.69) is 29.1 Å². The van der Waals surface area contributed by atoms with E-state index in [9.17, 15) is 0 Å². The maximum Gasteiger partial charge on any atom is 0.0705 e. The summed E-state index contributed by atoms with van der Waals surface area (Å²) < 4.78 is 5.06.